The standard InChI is InChI=1S/C15H18N2O2/c1-11-3-4-12(2)17(11)10-9-15(19)16-13-5-7-14(18)8-6-13/h3-8,18H,9-10H2,1-2H3,(H,16,19). The Morgan fingerprint density at radius 1 is 1.11 bits per heavy atom. The molecule has 0 saturated heterocycles. The number of nitrogens with zero attached hydrogens (tertiary/aromatic N) is 1. The number of aromatic nitrogens is 1. The lowest BCUT2D eigenvalue weighted by molar-refractivity contribution is -0.116. The van der Waals surface area contributed by atoms with Crippen LogP contribution in [0.1, 0.15) is 17.8 Å². The van der Waals surface area contributed by atoms with E-state index in [0.717, 1.165) is 11.4 Å². The van der Waals surface area contributed by atoms with Crippen molar-refractivity contribution in [1.82, 2.24) is 4.57 Å². The van der Waals surface area contributed by atoms with Crippen LogP contribution >= 0.6 is 0 Å². The first-order chi connectivity index (χ1) is 9.06. The average Bonchev–Trinajstić information content (AvgIpc) is 2.70. The monoisotopic (exact) mass is 258 g/mol. The van der Waals surface area contributed by atoms with Gasteiger partial charge in [-0.3, -0.25) is 4.79 Å². The molecular formula is C15H18N2O2. The van der Waals surface area contributed by atoms with E-state index >= 15 is 0 Å². The molecule has 0 spiro atoms. The second-order valence-corrected chi connectivity index (χ2v) is 4.61. The zero-order chi connectivity index (χ0) is 13.8. The summed E-state index contributed by atoms with van der Waals surface area (Å²) in [6.45, 7) is 4.74. The maximum absolute atomic E-state index is 11.8. The van der Waals surface area contributed by atoms with Gasteiger partial charge in [-0.15, -0.1) is 0 Å². The van der Waals surface area contributed by atoms with Gasteiger partial charge in [0.25, 0.3) is 0 Å². The summed E-state index contributed by atoms with van der Waals surface area (Å²) in [4.78, 5) is 11.8. The van der Waals surface area contributed by atoms with Gasteiger partial charge in [0, 0.05) is 30.0 Å². The SMILES string of the molecule is Cc1ccc(C)n1CCC(=O)Nc1ccc(O)cc1. The fraction of sp³-hybridized carbons (Fsp3) is 0.267. The number of carbonyl (C=O) groups excluding carboxylic acids is 1. The topological polar surface area (TPSA) is 54.3 Å². The highest BCUT2D eigenvalue weighted by Gasteiger charge is 2.05. The van der Waals surface area contributed by atoms with Gasteiger partial charge in [-0.25, -0.2) is 0 Å². The maximum Gasteiger partial charge on any atom is 0.226 e. The number of aromatic hydroxyl groups is 1. The third kappa shape index (κ3) is 3.37. The third-order valence-corrected chi connectivity index (χ3v) is 3.13. The van der Waals surface area contributed by atoms with E-state index in [2.05, 4.69) is 9.88 Å². The van der Waals surface area contributed by atoms with Gasteiger partial charge in [-0.1, -0.05) is 0 Å². The second-order valence-electron chi connectivity index (χ2n) is 4.61. The van der Waals surface area contributed by atoms with Crippen molar-refractivity contribution in [2.75, 3.05) is 5.32 Å². The summed E-state index contributed by atoms with van der Waals surface area (Å²) in [5.41, 5.74) is 3.02. The van der Waals surface area contributed by atoms with Gasteiger partial charge in [0.1, 0.15) is 5.75 Å². The van der Waals surface area contributed by atoms with E-state index < -0.39 is 0 Å². The predicted molar refractivity (Wildman–Crippen MR) is 75.3 cm³/mol. The predicted octanol–water partition coefficient (Wildman–Crippen LogP) is 2.84. The van der Waals surface area contributed by atoms with Crippen molar-refractivity contribution in [3.05, 3.63) is 47.8 Å². The van der Waals surface area contributed by atoms with Crippen LogP contribution in [0.4, 0.5) is 5.69 Å². The first-order valence-corrected chi connectivity index (χ1v) is 6.28. The molecule has 0 unspecified atom stereocenters. The summed E-state index contributed by atoms with van der Waals surface area (Å²) in [7, 11) is 0. The number of phenolic OH excluding ortho intramolecular Hbond substituents is 1. The number of carbonyl (C=O) groups is 1. The van der Waals surface area contributed by atoms with Crippen molar-refractivity contribution < 1.29 is 9.90 Å². The van der Waals surface area contributed by atoms with Crippen molar-refractivity contribution in [3.8, 4) is 5.75 Å². The van der Waals surface area contributed by atoms with E-state index in [1.54, 1.807) is 24.3 Å². The van der Waals surface area contributed by atoms with Crippen LogP contribution in [0.25, 0.3) is 0 Å². The number of hydrogen-bond acceptors (Lipinski definition) is 2. The zero-order valence-electron chi connectivity index (χ0n) is 11.2. The Bertz CT molecular complexity index is 551. The Hall–Kier alpha value is -2.23. The van der Waals surface area contributed by atoms with Crippen LogP contribution < -0.4 is 5.32 Å². The Labute approximate surface area is 112 Å². The molecule has 19 heavy (non-hydrogen) atoms. The lowest BCUT2D eigenvalue weighted by Gasteiger charge is -2.09. The molecule has 2 aromatic rings. The number of aryl methyl sites for hydroxylation is 2. The summed E-state index contributed by atoms with van der Waals surface area (Å²) in [6.07, 6.45) is 0.428. The molecule has 0 aliphatic heterocycles. The van der Waals surface area contributed by atoms with Crippen LogP contribution in [0.5, 0.6) is 5.75 Å². The van der Waals surface area contributed by atoms with Gasteiger partial charge in [0.2, 0.25) is 5.91 Å². The number of benzene rings is 1. The molecular weight excluding hydrogens is 240 g/mol. The molecule has 0 bridgehead atoms. The van der Waals surface area contributed by atoms with Crippen LogP contribution in [0.15, 0.2) is 36.4 Å². The highest BCUT2D eigenvalue weighted by molar-refractivity contribution is 5.90. The molecule has 0 saturated carbocycles. The third-order valence-electron chi connectivity index (χ3n) is 3.13. The minimum absolute atomic E-state index is 0.0295. The lowest BCUT2D eigenvalue weighted by Crippen LogP contribution is -2.15. The number of anilines is 1. The molecule has 1 aromatic heterocycles. The van der Waals surface area contributed by atoms with Crippen molar-refractivity contribution in [2.45, 2.75) is 26.8 Å². The second kappa shape index (κ2) is 5.61. The molecule has 4 nitrogen and oxygen atoms in total. The largest absolute Gasteiger partial charge is 0.508 e. The molecule has 0 atom stereocenters. The van der Waals surface area contributed by atoms with Crippen LogP contribution in [0, 0.1) is 13.8 Å². The van der Waals surface area contributed by atoms with Gasteiger partial charge in [-0.2, -0.15) is 0 Å². The average molecular weight is 258 g/mol. The van der Waals surface area contributed by atoms with E-state index in [1.807, 2.05) is 26.0 Å². The molecule has 100 valence electrons. The van der Waals surface area contributed by atoms with Gasteiger partial charge in [-0.05, 0) is 50.2 Å². The van der Waals surface area contributed by atoms with E-state index in [-0.39, 0.29) is 11.7 Å². The smallest absolute Gasteiger partial charge is 0.226 e. The first-order valence-electron chi connectivity index (χ1n) is 6.28. The van der Waals surface area contributed by atoms with Gasteiger partial charge in [0.15, 0.2) is 0 Å². The molecule has 1 amide bonds. The first kappa shape index (κ1) is 13.2. The molecule has 0 aliphatic rings. The Morgan fingerprint density at radius 3 is 2.26 bits per heavy atom. The van der Waals surface area contributed by atoms with E-state index in [9.17, 15) is 4.79 Å². The van der Waals surface area contributed by atoms with E-state index in [4.69, 9.17) is 5.11 Å². The quantitative estimate of drug-likeness (QED) is 0.828. The number of phenols is 1. The summed E-state index contributed by atoms with van der Waals surface area (Å²) in [5.74, 6) is 0.162. The number of hydrogen-bond donors (Lipinski definition) is 2. The van der Waals surface area contributed by atoms with Crippen LogP contribution in [-0.2, 0) is 11.3 Å². The summed E-state index contributed by atoms with van der Waals surface area (Å²) >= 11 is 0. The number of amides is 1. The lowest BCUT2D eigenvalue weighted by atomic mass is 10.3. The Morgan fingerprint density at radius 2 is 1.68 bits per heavy atom. The molecule has 4 heteroatoms. The number of rotatable bonds is 4. The van der Waals surface area contributed by atoms with Crippen molar-refractivity contribution in [1.29, 1.82) is 0 Å². The van der Waals surface area contributed by atoms with Crippen LogP contribution in [-0.4, -0.2) is 15.6 Å². The van der Waals surface area contributed by atoms with Crippen LogP contribution in [0.2, 0.25) is 0 Å². The maximum atomic E-state index is 11.8. The Kier molecular flexibility index (Phi) is 3.90. The molecule has 2 N–H and O–H groups in total. The van der Waals surface area contributed by atoms with Gasteiger partial charge < -0.3 is 15.0 Å². The van der Waals surface area contributed by atoms with Crippen LogP contribution in [0.3, 0.4) is 0 Å². The molecule has 0 radical (unpaired) electrons. The van der Waals surface area contributed by atoms with Crippen molar-refractivity contribution in [2.24, 2.45) is 0 Å². The molecule has 0 fully saturated rings. The van der Waals surface area contributed by atoms with E-state index in [0.29, 0.717) is 18.7 Å². The highest BCUT2D eigenvalue weighted by Crippen LogP contribution is 2.14. The normalized spacial score (nSPS) is 10.4. The minimum atomic E-state index is -0.0295. The molecule has 0 aliphatic carbocycles. The molecule has 2 rings (SSSR count). The zero-order valence-corrected chi connectivity index (χ0v) is 11.2. The fourth-order valence-corrected chi connectivity index (χ4v) is 2.03. The van der Waals surface area contributed by atoms with E-state index in [1.165, 1.54) is 0 Å². The minimum Gasteiger partial charge on any atom is -0.508 e. The summed E-state index contributed by atoms with van der Waals surface area (Å²) < 4.78 is 2.12. The van der Waals surface area contributed by atoms with Gasteiger partial charge >= 0.3 is 0 Å². The van der Waals surface area contributed by atoms with Crippen molar-refractivity contribution in [3.63, 3.8) is 0 Å². The molecule has 1 heterocycles. The highest BCUT2D eigenvalue weighted by atomic mass is 16.3. The number of nitrogens with one attached hydrogen (secondary N) is 1. The summed E-state index contributed by atoms with van der Waals surface area (Å²) in [6, 6.07) is 10.6. The Balaban J connectivity index is 1.90. The van der Waals surface area contributed by atoms with Crippen molar-refractivity contribution >= 4 is 11.6 Å². The molecule has 1 aromatic carbocycles. The summed E-state index contributed by atoms with van der Waals surface area (Å²) in [5, 5.41) is 12.0. The van der Waals surface area contributed by atoms with Gasteiger partial charge in [0.05, 0.1) is 0 Å². The fourth-order valence-electron chi connectivity index (χ4n) is 2.03.